The zero-order valence-electron chi connectivity index (χ0n) is 30.9. The summed E-state index contributed by atoms with van der Waals surface area (Å²) in [5, 5.41) is 0.179. The second-order valence-corrected chi connectivity index (χ2v) is 16.6. The lowest BCUT2D eigenvalue weighted by atomic mass is 9.76. The Hall–Kier alpha value is -4.91. The lowest BCUT2D eigenvalue weighted by Gasteiger charge is -2.29. The number of hydrogen-bond donors (Lipinski definition) is 0. The van der Waals surface area contributed by atoms with Crippen LogP contribution in [0.3, 0.4) is 0 Å². The van der Waals surface area contributed by atoms with Gasteiger partial charge in [0.15, 0.2) is 11.2 Å². The van der Waals surface area contributed by atoms with Crippen LogP contribution in [-0.4, -0.2) is 39.4 Å². The maximum atomic E-state index is 14.2. The summed E-state index contributed by atoms with van der Waals surface area (Å²) in [7, 11) is -4.29. The molecule has 0 heterocycles. The third-order valence-corrected chi connectivity index (χ3v) is 11.3. The minimum Gasteiger partial charge on any atom is -0.461 e. The van der Waals surface area contributed by atoms with E-state index in [0.29, 0.717) is 5.56 Å². The van der Waals surface area contributed by atoms with Crippen molar-refractivity contribution in [1.29, 1.82) is 0 Å². The normalized spacial score (nSPS) is 12.1. The van der Waals surface area contributed by atoms with Crippen LogP contribution in [0.1, 0.15) is 59.8 Å². The zero-order valence-corrected chi connectivity index (χ0v) is 33.2. The summed E-state index contributed by atoms with van der Waals surface area (Å²) >= 11 is 12.3. The molecule has 0 atom stereocenters. The second-order valence-electron chi connectivity index (χ2n) is 13.9. The molecule has 14 heteroatoms. The summed E-state index contributed by atoms with van der Waals surface area (Å²) in [6, 6.07) is 20.8. The number of Topliss-reactive ketones (excluding diaryl/α,β-unsaturated/α-hetero) is 1. The molecule has 0 radical (unpaired) electrons. The van der Waals surface area contributed by atoms with Crippen LogP contribution in [0, 0.1) is 5.41 Å². The molecular formula is C42H40Cl2F3NO7S. The summed E-state index contributed by atoms with van der Waals surface area (Å²) in [5.74, 6) is -3.22. The van der Waals surface area contributed by atoms with Gasteiger partial charge in [-0.1, -0.05) is 112 Å². The number of alkyl halides is 3. The fraction of sp³-hybridized carbons (Fsp3) is 0.262. The fourth-order valence-electron chi connectivity index (χ4n) is 5.73. The van der Waals surface area contributed by atoms with Gasteiger partial charge in [0.05, 0.1) is 32.7 Å². The van der Waals surface area contributed by atoms with E-state index in [1.807, 2.05) is 24.3 Å². The molecule has 0 bridgehead atoms. The standard InChI is InChI=1S/C42H40Cl2F3NO7S/c1-6-21-54-38(50)41(39(51)55-22-7-2,25-29-9-8-10-32(23-29)42(45,46)47)26-37(49)30-13-17-33(18-14-30)48(27-28-11-15-31(16-12-28)40(3,4)5)56(52,53)34-19-20-35(43)36(44)24-34/h6-20,23-24H,1-2,21-22,25-27H2,3-5H3. The monoisotopic (exact) mass is 829 g/mol. The number of ether oxygens (including phenoxy) is 2. The van der Waals surface area contributed by atoms with Gasteiger partial charge in [0.2, 0.25) is 0 Å². The Morgan fingerprint density at radius 1 is 0.750 bits per heavy atom. The third-order valence-electron chi connectivity index (χ3n) is 8.77. The van der Waals surface area contributed by atoms with Gasteiger partial charge in [-0.3, -0.25) is 18.7 Å². The number of ketones is 1. The first-order valence-electron chi connectivity index (χ1n) is 17.2. The van der Waals surface area contributed by atoms with E-state index in [1.165, 1.54) is 60.7 Å². The van der Waals surface area contributed by atoms with Gasteiger partial charge in [0.1, 0.15) is 13.2 Å². The molecule has 4 rings (SSSR count). The topological polar surface area (TPSA) is 107 Å². The lowest BCUT2D eigenvalue weighted by molar-refractivity contribution is -0.171. The Balaban J connectivity index is 1.77. The highest BCUT2D eigenvalue weighted by atomic mass is 35.5. The first-order chi connectivity index (χ1) is 26.2. The predicted octanol–water partition coefficient (Wildman–Crippen LogP) is 9.97. The summed E-state index contributed by atoms with van der Waals surface area (Å²) in [6.45, 7) is 12.3. The van der Waals surface area contributed by atoms with E-state index in [2.05, 4.69) is 33.9 Å². The van der Waals surface area contributed by atoms with Crippen molar-refractivity contribution in [3.63, 3.8) is 0 Å². The molecule has 0 unspecified atom stereocenters. The van der Waals surface area contributed by atoms with Crippen LogP contribution in [0.15, 0.2) is 121 Å². The van der Waals surface area contributed by atoms with E-state index in [1.54, 1.807) is 0 Å². The van der Waals surface area contributed by atoms with Crippen LogP contribution in [0.2, 0.25) is 10.0 Å². The number of anilines is 1. The van der Waals surface area contributed by atoms with Crippen molar-refractivity contribution in [2.45, 2.75) is 56.6 Å². The molecule has 0 aliphatic carbocycles. The van der Waals surface area contributed by atoms with E-state index in [-0.39, 0.29) is 56.9 Å². The molecule has 8 nitrogen and oxygen atoms in total. The molecule has 0 fully saturated rings. The van der Waals surface area contributed by atoms with Crippen molar-refractivity contribution in [3.8, 4) is 0 Å². The van der Waals surface area contributed by atoms with Crippen LogP contribution < -0.4 is 4.31 Å². The van der Waals surface area contributed by atoms with Gasteiger partial charge < -0.3 is 9.47 Å². The Bertz CT molecular complexity index is 2180. The number of halogens is 5. The molecule has 4 aromatic rings. The number of carbonyl (C=O) groups excluding carboxylic acids is 3. The highest BCUT2D eigenvalue weighted by molar-refractivity contribution is 7.92. The van der Waals surface area contributed by atoms with Gasteiger partial charge in [0.25, 0.3) is 10.0 Å². The SMILES string of the molecule is C=CCOC(=O)C(CC(=O)c1ccc(N(Cc2ccc(C(C)(C)C)cc2)S(=O)(=O)c2ccc(Cl)c(Cl)c2)cc1)(Cc1cccc(C(F)(F)F)c1)C(=O)OCC=C. The van der Waals surface area contributed by atoms with Crippen molar-refractivity contribution in [3.05, 3.63) is 154 Å². The van der Waals surface area contributed by atoms with E-state index in [9.17, 15) is 36.0 Å². The van der Waals surface area contributed by atoms with Gasteiger partial charge in [0, 0.05) is 12.0 Å². The van der Waals surface area contributed by atoms with Crippen LogP contribution in [0.4, 0.5) is 18.9 Å². The summed E-state index contributed by atoms with van der Waals surface area (Å²) < 4.78 is 80.9. The number of carbonyl (C=O) groups is 3. The van der Waals surface area contributed by atoms with Crippen molar-refractivity contribution < 1.29 is 45.4 Å². The van der Waals surface area contributed by atoms with Gasteiger partial charge in [-0.25, -0.2) is 8.42 Å². The molecule has 0 amide bonds. The van der Waals surface area contributed by atoms with Crippen LogP contribution >= 0.6 is 23.2 Å². The summed E-state index contributed by atoms with van der Waals surface area (Å²) in [6.07, 6.45) is -3.85. The number of rotatable bonds is 16. The highest BCUT2D eigenvalue weighted by Gasteiger charge is 2.51. The van der Waals surface area contributed by atoms with Crippen molar-refractivity contribution in [2.75, 3.05) is 17.5 Å². The van der Waals surface area contributed by atoms with Gasteiger partial charge in [-0.05, 0) is 77.1 Å². The van der Waals surface area contributed by atoms with Gasteiger partial charge in [-0.2, -0.15) is 13.2 Å². The van der Waals surface area contributed by atoms with Crippen LogP contribution in [0.25, 0.3) is 0 Å². The smallest absolute Gasteiger partial charge is 0.416 e. The Morgan fingerprint density at radius 2 is 1.34 bits per heavy atom. The van der Waals surface area contributed by atoms with Gasteiger partial charge in [-0.15, -0.1) is 0 Å². The van der Waals surface area contributed by atoms with Crippen molar-refractivity contribution in [1.82, 2.24) is 0 Å². The van der Waals surface area contributed by atoms with Crippen molar-refractivity contribution >= 4 is 56.6 Å². The summed E-state index contributed by atoms with van der Waals surface area (Å²) in [4.78, 5) is 41.3. The highest BCUT2D eigenvalue weighted by Crippen LogP contribution is 2.37. The van der Waals surface area contributed by atoms with Crippen molar-refractivity contribution in [2.24, 2.45) is 5.41 Å². The van der Waals surface area contributed by atoms with E-state index < -0.39 is 57.7 Å². The molecule has 296 valence electrons. The largest absolute Gasteiger partial charge is 0.461 e. The third kappa shape index (κ3) is 10.5. The molecule has 0 spiro atoms. The molecule has 0 N–H and O–H groups in total. The molecule has 56 heavy (non-hydrogen) atoms. The minimum atomic E-state index is -4.74. The number of esters is 2. The zero-order chi connectivity index (χ0) is 41.5. The molecule has 0 saturated heterocycles. The Kier molecular flexibility index (Phi) is 14.0. The number of hydrogen-bond acceptors (Lipinski definition) is 7. The molecule has 0 saturated carbocycles. The molecule has 4 aromatic carbocycles. The fourth-order valence-corrected chi connectivity index (χ4v) is 7.57. The number of benzene rings is 4. The average molecular weight is 831 g/mol. The quantitative estimate of drug-likeness (QED) is 0.0479. The van der Waals surface area contributed by atoms with Gasteiger partial charge >= 0.3 is 18.1 Å². The maximum absolute atomic E-state index is 14.2. The molecule has 0 aliphatic heterocycles. The minimum absolute atomic E-state index is 0.0232. The van der Waals surface area contributed by atoms with E-state index in [0.717, 1.165) is 28.1 Å². The maximum Gasteiger partial charge on any atom is 0.416 e. The second kappa shape index (κ2) is 17.9. The molecular weight excluding hydrogens is 790 g/mol. The molecule has 0 aromatic heterocycles. The predicted molar refractivity (Wildman–Crippen MR) is 210 cm³/mol. The summed E-state index contributed by atoms with van der Waals surface area (Å²) in [5.41, 5.74) is -1.92. The molecule has 0 aliphatic rings. The van der Waals surface area contributed by atoms with E-state index in [4.69, 9.17) is 32.7 Å². The lowest BCUT2D eigenvalue weighted by Crippen LogP contribution is -2.45. The number of sulfonamides is 1. The van der Waals surface area contributed by atoms with Crippen LogP contribution in [-0.2, 0) is 53.6 Å². The Morgan fingerprint density at radius 3 is 1.86 bits per heavy atom. The average Bonchev–Trinajstić information content (AvgIpc) is 3.15. The Labute approximate surface area is 334 Å². The van der Waals surface area contributed by atoms with Crippen LogP contribution in [0.5, 0.6) is 0 Å². The van der Waals surface area contributed by atoms with E-state index >= 15 is 0 Å². The first-order valence-corrected chi connectivity index (χ1v) is 19.4. The number of nitrogens with zero attached hydrogens (tertiary/aromatic N) is 1. The first kappa shape index (κ1) is 43.8.